The molecule has 1 N–H and O–H groups in total. The zero-order valence-electron chi connectivity index (χ0n) is 19.8. The second-order valence-electron chi connectivity index (χ2n) is 8.79. The summed E-state index contributed by atoms with van der Waals surface area (Å²) in [6, 6.07) is 16.0. The summed E-state index contributed by atoms with van der Waals surface area (Å²) in [4.78, 5) is 35.7. The number of amides is 1. The molecule has 3 aromatic rings. The quantitative estimate of drug-likeness (QED) is 0.290. The van der Waals surface area contributed by atoms with E-state index >= 15 is 0 Å². The maximum absolute atomic E-state index is 13.3. The number of Topliss-reactive ketones (excluding diaryl/α,β-unsaturated/α-hetero) is 1. The average Bonchev–Trinajstić information content (AvgIpc) is 3.41. The van der Waals surface area contributed by atoms with Crippen LogP contribution >= 0.6 is 22.9 Å². The van der Waals surface area contributed by atoms with Crippen LogP contribution in [0.15, 0.2) is 60.2 Å². The summed E-state index contributed by atoms with van der Waals surface area (Å²) in [6.07, 6.45) is 0. The molecule has 1 amide bonds. The van der Waals surface area contributed by atoms with Gasteiger partial charge in [0.1, 0.15) is 10.7 Å². The van der Waals surface area contributed by atoms with E-state index in [2.05, 4.69) is 9.88 Å². The number of hydrogen-bond donors (Lipinski definition) is 1. The number of benzene rings is 2. The fraction of sp³-hybridized carbons (Fsp3) is 0.296. The number of morpholine rings is 1. The van der Waals surface area contributed by atoms with Gasteiger partial charge in [0.15, 0.2) is 5.76 Å². The molecule has 2 aliphatic heterocycles. The first-order chi connectivity index (χ1) is 17.4. The molecule has 3 heterocycles. The second-order valence-corrected chi connectivity index (χ2v) is 10.4. The first kappa shape index (κ1) is 24.6. The lowest BCUT2D eigenvalue weighted by Gasteiger charge is -2.31. The van der Waals surface area contributed by atoms with Gasteiger partial charge in [0.05, 0.1) is 24.8 Å². The Balaban J connectivity index is 1.55. The summed E-state index contributed by atoms with van der Waals surface area (Å²) in [5, 5.41) is 12.7. The molecule has 2 fully saturated rings. The van der Waals surface area contributed by atoms with Gasteiger partial charge in [-0.3, -0.25) is 14.5 Å². The van der Waals surface area contributed by atoms with Crippen molar-refractivity contribution in [3.63, 3.8) is 0 Å². The van der Waals surface area contributed by atoms with Crippen LogP contribution in [0.1, 0.15) is 22.2 Å². The Labute approximate surface area is 218 Å². The Hall–Kier alpha value is -3.04. The number of aromatic nitrogens is 1. The van der Waals surface area contributed by atoms with Crippen molar-refractivity contribution in [3.05, 3.63) is 81.3 Å². The number of aliphatic hydroxyl groups is 1. The second kappa shape index (κ2) is 10.5. The maximum atomic E-state index is 13.3. The molecule has 1 aromatic heterocycles. The van der Waals surface area contributed by atoms with E-state index in [1.807, 2.05) is 37.3 Å². The minimum atomic E-state index is -0.732. The van der Waals surface area contributed by atoms with Gasteiger partial charge < -0.3 is 14.7 Å². The number of aryl methyl sites for hydroxylation is 1. The van der Waals surface area contributed by atoms with E-state index in [4.69, 9.17) is 16.3 Å². The van der Waals surface area contributed by atoms with Crippen LogP contribution in [0.25, 0.3) is 16.3 Å². The summed E-state index contributed by atoms with van der Waals surface area (Å²) in [7, 11) is 0. The van der Waals surface area contributed by atoms with Crippen LogP contribution in [0.2, 0.25) is 5.02 Å². The molecule has 186 valence electrons. The van der Waals surface area contributed by atoms with Crippen LogP contribution in [0, 0.1) is 6.92 Å². The lowest BCUT2D eigenvalue weighted by atomic mass is 9.96. The third-order valence-corrected chi connectivity index (χ3v) is 7.80. The van der Waals surface area contributed by atoms with Gasteiger partial charge in [-0.25, -0.2) is 4.98 Å². The van der Waals surface area contributed by atoms with Crippen LogP contribution < -0.4 is 0 Å². The predicted octanol–water partition coefficient (Wildman–Crippen LogP) is 4.53. The summed E-state index contributed by atoms with van der Waals surface area (Å²) in [5.41, 5.74) is 2.00. The van der Waals surface area contributed by atoms with Gasteiger partial charge >= 0.3 is 0 Å². The molecule has 2 saturated heterocycles. The standard InChI is InChI=1S/C27H26ClN3O4S/c1-17-22(29-26(36-17)19-5-3-2-4-6-19)24(32)21-23(18-7-9-20(28)10-8-18)31(27(34)25(21)33)12-11-30-13-15-35-16-14-30/h2-10,23,32H,11-16H2,1H3/t23-/m0/s1. The van der Waals surface area contributed by atoms with Crippen molar-refractivity contribution in [2.45, 2.75) is 13.0 Å². The Morgan fingerprint density at radius 3 is 2.47 bits per heavy atom. The molecular weight excluding hydrogens is 498 g/mol. The van der Waals surface area contributed by atoms with Crippen LogP contribution in [0.5, 0.6) is 0 Å². The number of carbonyl (C=O) groups is 2. The highest BCUT2D eigenvalue weighted by atomic mass is 35.5. The largest absolute Gasteiger partial charge is 0.505 e. The average molecular weight is 524 g/mol. The summed E-state index contributed by atoms with van der Waals surface area (Å²) < 4.78 is 5.42. The van der Waals surface area contributed by atoms with E-state index in [0.717, 1.165) is 28.5 Å². The fourth-order valence-corrected chi connectivity index (χ4v) is 5.67. The normalized spacial score (nSPS) is 20.3. The number of rotatable bonds is 6. The zero-order valence-corrected chi connectivity index (χ0v) is 21.4. The number of likely N-dealkylation sites (tertiary alicyclic amines) is 1. The van der Waals surface area contributed by atoms with Crippen LogP contribution in [-0.4, -0.2) is 71.0 Å². The fourth-order valence-electron chi connectivity index (χ4n) is 4.62. The molecule has 9 heteroatoms. The monoisotopic (exact) mass is 523 g/mol. The number of thiazole rings is 1. The topological polar surface area (TPSA) is 83.0 Å². The highest BCUT2D eigenvalue weighted by molar-refractivity contribution is 7.15. The van der Waals surface area contributed by atoms with Crippen LogP contribution in [0.4, 0.5) is 0 Å². The molecule has 2 aromatic carbocycles. The van der Waals surface area contributed by atoms with E-state index in [9.17, 15) is 14.7 Å². The Kier molecular flexibility index (Phi) is 7.20. The van der Waals surface area contributed by atoms with E-state index in [1.165, 1.54) is 11.3 Å². The van der Waals surface area contributed by atoms with E-state index in [0.29, 0.717) is 42.6 Å². The highest BCUT2D eigenvalue weighted by Gasteiger charge is 2.46. The van der Waals surface area contributed by atoms with Gasteiger partial charge in [-0.15, -0.1) is 11.3 Å². The van der Waals surface area contributed by atoms with Crippen molar-refractivity contribution >= 4 is 40.4 Å². The molecule has 7 nitrogen and oxygen atoms in total. The summed E-state index contributed by atoms with van der Waals surface area (Å²) in [5.74, 6) is -1.58. The first-order valence-corrected chi connectivity index (χ1v) is 13.0. The molecule has 0 aliphatic carbocycles. The molecule has 36 heavy (non-hydrogen) atoms. The minimum absolute atomic E-state index is 0.0531. The van der Waals surface area contributed by atoms with E-state index in [1.54, 1.807) is 29.2 Å². The van der Waals surface area contributed by atoms with Crippen molar-refractivity contribution in [2.24, 2.45) is 0 Å². The molecule has 0 spiro atoms. The van der Waals surface area contributed by atoms with Crippen molar-refractivity contribution in [1.82, 2.24) is 14.8 Å². The highest BCUT2D eigenvalue weighted by Crippen LogP contribution is 2.41. The summed E-state index contributed by atoms with van der Waals surface area (Å²) in [6.45, 7) is 5.64. The molecule has 0 unspecified atom stereocenters. The molecule has 0 saturated carbocycles. The van der Waals surface area contributed by atoms with E-state index < -0.39 is 17.7 Å². The SMILES string of the molecule is Cc1sc(-c2ccccc2)nc1C(O)=C1C(=O)C(=O)N(CCN2CCOCC2)[C@H]1c1ccc(Cl)cc1. The summed E-state index contributed by atoms with van der Waals surface area (Å²) >= 11 is 7.55. The van der Waals surface area contributed by atoms with Crippen LogP contribution in [-0.2, 0) is 14.3 Å². The molecule has 0 radical (unpaired) electrons. The number of hydrogen-bond acceptors (Lipinski definition) is 7. The zero-order chi connectivity index (χ0) is 25.2. The Bertz CT molecular complexity index is 1300. The van der Waals surface area contributed by atoms with Gasteiger partial charge in [0.25, 0.3) is 11.7 Å². The van der Waals surface area contributed by atoms with Crippen molar-refractivity contribution in [3.8, 4) is 10.6 Å². The van der Waals surface area contributed by atoms with E-state index in [-0.39, 0.29) is 11.3 Å². The van der Waals surface area contributed by atoms with Gasteiger partial charge in [0, 0.05) is 41.6 Å². The number of halogens is 1. The minimum Gasteiger partial charge on any atom is -0.505 e. The van der Waals surface area contributed by atoms with Crippen LogP contribution in [0.3, 0.4) is 0 Å². The number of ether oxygens (including phenoxy) is 1. The number of nitrogens with zero attached hydrogens (tertiary/aromatic N) is 3. The molecule has 0 bridgehead atoms. The number of carbonyl (C=O) groups excluding carboxylic acids is 2. The number of aliphatic hydroxyl groups excluding tert-OH is 1. The molecule has 2 aliphatic rings. The third-order valence-electron chi connectivity index (χ3n) is 6.53. The van der Waals surface area contributed by atoms with Crippen molar-refractivity contribution in [1.29, 1.82) is 0 Å². The number of ketones is 1. The first-order valence-electron chi connectivity index (χ1n) is 11.8. The van der Waals surface area contributed by atoms with Gasteiger partial charge in [-0.2, -0.15) is 0 Å². The van der Waals surface area contributed by atoms with Gasteiger partial charge in [-0.1, -0.05) is 54.1 Å². The Morgan fingerprint density at radius 1 is 1.08 bits per heavy atom. The Morgan fingerprint density at radius 2 is 1.78 bits per heavy atom. The maximum Gasteiger partial charge on any atom is 0.295 e. The smallest absolute Gasteiger partial charge is 0.295 e. The lowest BCUT2D eigenvalue weighted by molar-refractivity contribution is -0.140. The molecular formula is C27H26ClN3O4S. The van der Waals surface area contributed by atoms with Gasteiger partial charge in [-0.05, 0) is 24.6 Å². The molecule has 5 rings (SSSR count). The third kappa shape index (κ3) is 4.82. The molecule has 1 atom stereocenters. The van der Waals surface area contributed by atoms with Gasteiger partial charge in [0.2, 0.25) is 0 Å². The predicted molar refractivity (Wildman–Crippen MR) is 140 cm³/mol. The van der Waals surface area contributed by atoms with Crippen molar-refractivity contribution in [2.75, 3.05) is 39.4 Å². The van der Waals surface area contributed by atoms with Crippen molar-refractivity contribution < 1.29 is 19.4 Å². The lowest BCUT2D eigenvalue weighted by Crippen LogP contribution is -2.42.